The summed E-state index contributed by atoms with van der Waals surface area (Å²) in [5.41, 5.74) is 1.97. The third-order valence-corrected chi connectivity index (χ3v) is 3.44. The minimum Gasteiger partial charge on any atom is -0.355 e. The van der Waals surface area contributed by atoms with Crippen molar-refractivity contribution in [3.05, 3.63) is 46.2 Å². The van der Waals surface area contributed by atoms with Gasteiger partial charge in [0.05, 0.1) is 11.4 Å². The molecule has 0 aliphatic heterocycles. The van der Waals surface area contributed by atoms with Gasteiger partial charge in [-0.1, -0.05) is 6.07 Å². The maximum atomic E-state index is 11.7. The molecular formula is C13H15N3OS. The first kappa shape index (κ1) is 12.7. The molecule has 0 aliphatic rings. The number of amides is 1. The van der Waals surface area contributed by atoms with Crippen LogP contribution in [0.3, 0.4) is 0 Å². The van der Waals surface area contributed by atoms with Crippen LogP contribution in [0.4, 0.5) is 0 Å². The van der Waals surface area contributed by atoms with E-state index in [0.717, 1.165) is 22.7 Å². The SMILES string of the molecule is Cc1csc(CCNC(=O)Cc2cccnc2)n1. The van der Waals surface area contributed by atoms with Crippen molar-refractivity contribution in [1.82, 2.24) is 15.3 Å². The van der Waals surface area contributed by atoms with Crippen LogP contribution in [-0.2, 0) is 17.6 Å². The maximum Gasteiger partial charge on any atom is 0.224 e. The molecule has 4 nitrogen and oxygen atoms in total. The minimum absolute atomic E-state index is 0.0243. The van der Waals surface area contributed by atoms with Crippen molar-refractivity contribution in [3.63, 3.8) is 0 Å². The molecule has 2 aromatic rings. The summed E-state index contributed by atoms with van der Waals surface area (Å²) in [4.78, 5) is 20.0. The molecule has 2 rings (SSSR count). The van der Waals surface area contributed by atoms with E-state index in [9.17, 15) is 4.79 Å². The number of carbonyl (C=O) groups excluding carboxylic acids is 1. The van der Waals surface area contributed by atoms with Crippen LogP contribution in [0.15, 0.2) is 29.9 Å². The van der Waals surface area contributed by atoms with Crippen molar-refractivity contribution in [2.24, 2.45) is 0 Å². The van der Waals surface area contributed by atoms with Crippen molar-refractivity contribution in [2.45, 2.75) is 19.8 Å². The molecule has 2 heterocycles. The van der Waals surface area contributed by atoms with Gasteiger partial charge >= 0.3 is 0 Å². The van der Waals surface area contributed by atoms with Gasteiger partial charge in [0.1, 0.15) is 0 Å². The number of nitrogens with zero attached hydrogens (tertiary/aromatic N) is 2. The summed E-state index contributed by atoms with van der Waals surface area (Å²) in [5, 5.41) is 5.97. The molecule has 1 amide bonds. The molecule has 0 aromatic carbocycles. The van der Waals surface area contributed by atoms with Gasteiger partial charge in [-0.15, -0.1) is 11.3 Å². The Kier molecular flexibility index (Phi) is 4.41. The number of pyridine rings is 1. The Labute approximate surface area is 110 Å². The summed E-state index contributed by atoms with van der Waals surface area (Å²) in [5.74, 6) is 0.0243. The van der Waals surface area contributed by atoms with Gasteiger partial charge in [-0.05, 0) is 18.6 Å². The van der Waals surface area contributed by atoms with Gasteiger partial charge in [-0.3, -0.25) is 9.78 Å². The predicted octanol–water partition coefficient (Wildman–Crippen LogP) is 1.75. The zero-order chi connectivity index (χ0) is 12.8. The summed E-state index contributed by atoms with van der Waals surface area (Å²) >= 11 is 1.63. The second-order valence-electron chi connectivity index (χ2n) is 4.02. The van der Waals surface area contributed by atoms with Crippen LogP contribution in [0, 0.1) is 6.92 Å². The zero-order valence-electron chi connectivity index (χ0n) is 10.2. The molecule has 2 aromatic heterocycles. The van der Waals surface area contributed by atoms with Gasteiger partial charge in [-0.25, -0.2) is 4.98 Å². The van der Waals surface area contributed by atoms with E-state index in [1.165, 1.54) is 0 Å². The van der Waals surface area contributed by atoms with E-state index >= 15 is 0 Å². The van der Waals surface area contributed by atoms with E-state index in [-0.39, 0.29) is 5.91 Å². The zero-order valence-corrected chi connectivity index (χ0v) is 11.0. The third-order valence-electron chi connectivity index (χ3n) is 2.42. The quantitative estimate of drug-likeness (QED) is 0.892. The number of nitrogens with one attached hydrogen (secondary N) is 1. The maximum absolute atomic E-state index is 11.7. The molecule has 0 aliphatic carbocycles. The van der Waals surface area contributed by atoms with Crippen molar-refractivity contribution >= 4 is 17.2 Å². The van der Waals surface area contributed by atoms with Crippen LogP contribution in [0.5, 0.6) is 0 Å². The molecule has 18 heavy (non-hydrogen) atoms. The van der Waals surface area contributed by atoms with E-state index in [0.29, 0.717) is 13.0 Å². The number of carbonyl (C=O) groups is 1. The van der Waals surface area contributed by atoms with Crippen molar-refractivity contribution in [2.75, 3.05) is 6.54 Å². The Morgan fingerprint density at radius 2 is 2.39 bits per heavy atom. The molecular weight excluding hydrogens is 246 g/mol. The largest absolute Gasteiger partial charge is 0.355 e. The molecule has 0 unspecified atom stereocenters. The average Bonchev–Trinajstić information content (AvgIpc) is 2.76. The van der Waals surface area contributed by atoms with E-state index in [4.69, 9.17) is 0 Å². The molecule has 1 N–H and O–H groups in total. The topological polar surface area (TPSA) is 54.9 Å². The average molecular weight is 261 g/mol. The number of aryl methyl sites for hydroxylation is 1. The molecule has 0 bridgehead atoms. The number of rotatable bonds is 5. The number of aromatic nitrogens is 2. The molecule has 94 valence electrons. The molecule has 0 saturated heterocycles. The van der Waals surface area contributed by atoms with E-state index in [1.807, 2.05) is 24.4 Å². The molecule has 5 heteroatoms. The van der Waals surface area contributed by atoms with Crippen molar-refractivity contribution < 1.29 is 4.79 Å². The lowest BCUT2D eigenvalue weighted by molar-refractivity contribution is -0.120. The van der Waals surface area contributed by atoms with Crippen LogP contribution >= 0.6 is 11.3 Å². The highest BCUT2D eigenvalue weighted by atomic mass is 32.1. The molecule has 0 saturated carbocycles. The van der Waals surface area contributed by atoms with Crippen LogP contribution in [-0.4, -0.2) is 22.4 Å². The smallest absolute Gasteiger partial charge is 0.224 e. The lowest BCUT2D eigenvalue weighted by Gasteiger charge is -2.03. The van der Waals surface area contributed by atoms with Gasteiger partial charge in [0.25, 0.3) is 0 Å². The number of hydrogen-bond acceptors (Lipinski definition) is 4. The normalized spacial score (nSPS) is 10.3. The van der Waals surface area contributed by atoms with Crippen LogP contribution in [0.2, 0.25) is 0 Å². The van der Waals surface area contributed by atoms with Crippen molar-refractivity contribution in [3.8, 4) is 0 Å². The standard InChI is InChI=1S/C13H15N3OS/c1-10-9-18-13(16-10)4-6-15-12(17)7-11-3-2-5-14-8-11/h2-3,5,8-9H,4,6-7H2,1H3,(H,15,17). The lowest BCUT2D eigenvalue weighted by atomic mass is 10.2. The Balaban J connectivity index is 1.72. The van der Waals surface area contributed by atoms with Crippen LogP contribution < -0.4 is 5.32 Å². The first-order chi connectivity index (χ1) is 8.74. The Morgan fingerprint density at radius 3 is 3.06 bits per heavy atom. The Hall–Kier alpha value is -1.75. The fourth-order valence-electron chi connectivity index (χ4n) is 1.58. The fraction of sp³-hybridized carbons (Fsp3) is 0.308. The van der Waals surface area contributed by atoms with E-state index < -0.39 is 0 Å². The second-order valence-corrected chi connectivity index (χ2v) is 4.96. The van der Waals surface area contributed by atoms with E-state index in [1.54, 1.807) is 23.7 Å². The van der Waals surface area contributed by atoms with Gasteiger partial charge in [-0.2, -0.15) is 0 Å². The molecule has 0 fully saturated rings. The number of hydrogen-bond donors (Lipinski definition) is 1. The predicted molar refractivity (Wildman–Crippen MR) is 71.5 cm³/mol. The van der Waals surface area contributed by atoms with E-state index in [2.05, 4.69) is 15.3 Å². The molecule has 0 atom stereocenters. The Morgan fingerprint density at radius 1 is 1.50 bits per heavy atom. The summed E-state index contributed by atoms with van der Waals surface area (Å²) in [6.45, 7) is 2.60. The minimum atomic E-state index is 0.0243. The third kappa shape index (κ3) is 3.92. The Bertz CT molecular complexity index is 510. The van der Waals surface area contributed by atoms with Gasteiger partial charge in [0.2, 0.25) is 5.91 Å². The van der Waals surface area contributed by atoms with Gasteiger partial charge < -0.3 is 5.32 Å². The first-order valence-corrected chi connectivity index (χ1v) is 6.68. The molecule has 0 spiro atoms. The van der Waals surface area contributed by atoms with Crippen molar-refractivity contribution in [1.29, 1.82) is 0 Å². The monoisotopic (exact) mass is 261 g/mol. The van der Waals surface area contributed by atoms with Gasteiger partial charge in [0.15, 0.2) is 0 Å². The summed E-state index contributed by atoms with van der Waals surface area (Å²) in [6.07, 6.45) is 4.58. The van der Waals surface area contributed by atoms with Crippen LogP contribution in [0.25, 0.3) is 0 Å². The lowest BCUT2D eigenvalue weighted by Crippen LogP contribution is -2.27. The second kappa shape index (κ2) is 6.26. The summed E-state index contributed by atoms with van der Waals surface area (Å²) < 4.78 is 0. The van der Waals surface area contributed by atoms with Gasteiger partial charge in [0, 0.05) is 36.4 Å². The number of thiazole rings is 1. The highest BCUT2D eigenvalue weighted by Crippen LogP contribution is 2.08. The first-order valence-electron chi connectivity index (χ1n) is 5.80. The molecule has 0 radical (unpaired) electrons. The summed E-state index contributed by atoms with van der Waals surface area (Å²) in [7, 11) is 0. The van der Waals surface area contributed by atoms with Crippen LogP contribution in [0.1, 0.15) is 16.3 Å². The highest BCUT2D eigenvalue weighted by molar-refractivity contribution is 7.09. The highest BCUT2D eigenvalue weighted by Gasteiger charge is 2.04. The fourth-order valence-corrected chi connectivity index (χ4v) is 2.35. The summed E-state index contributed by atoms with van der Waals surface area (Å²) in [6, 6.07) is 3.73.